The van der Waals surface area contributed by atoms with Crippen LogP contribution in [0, 0.1) is 6.92 Å². The molecule has 9 heteroatoms. The second kappa shape index (κ2) is 10.7. The van der Waals surface area contributed by atoms with Crippen molar-refractivity contribution in [3.05, 3.63) is 95.6 Å². The van der Waals surface area contributed by atoms with Crippen molar-refractivity contribution >= 4 is 33.3 Å². The van der Waals surface area contributed by atoms with E-state index in [9.17, 15) is 22.8 Å². The fraction of sp³-hybridized carbons (Fsp3) is 0.125. The predicted molar refractivity (Wildman–Crippen MR) is 124 cm³/mol. The van der Waals surface area contributed by atoms with Gasteiger partial charge >= 0.3 is 0 Å². The van der Waals surface area contributed by atoms with Crippen LogP contribution in [0.5, 0.6) is 0 Å². The Balaban J connectivity index is 1.55. The van der Waals surface area contributed by atoms with Crippen molar-refractivity contribution in [1.29, 1.82) is 0 Å². The lowest BCUT2D eigenvalue weighted by Gasteiger charge is -2.11. The normalized spacial score (nSPS) is 10.9. The van der Waals surface area contributed by atoms with Crippen LogP contribution in [-0.2, 0) is 19.6 Å². The highest BCUT2D eigenvalue weighted by Crippen LogP contribution is 2.19. The summed E-state index contributed by atoms with van der Waals surface area (Å²) in [6.07, 6.45) is 0. The third-order valence-corrected chi connectivity index (χ3v) is 6.10. The number of benzene rings is 3. The van der Waals surface area contributed by atoms with Crippen LogP contribution in [0.3, 0.4) is 0 Å². The van der Waals surface area contributed by atoms with Gasteiger partial charge in [0.05, 0.1) is 23.7 Å². The molecule has 0 aliphatic carbocycles. The molecule has 0 spiro atoms. The van der Waals surface area contributed by atoms with E-state index in [-0.39, 0.29) is 17.2 Å². The van der Waals surface area contributed by atoms with Crippen molar-refractivity contribution in [2.75, 3.05) is 18.4 Å². The first-order valence-electron chi connectivity index (χ1n) is 10.1. The molecule has 0 bridgehead atoms. The van der Waals surface area contributed by atoms with E-state index in [1.807, 2.05) is 19.1 Å². The number of aryl methyl sites for hydroxylation is 1. The zero-order chi connectivity index (χ0) is 23.8. The van der Waals surface area contributed by atoms with Gasteiger partial charge in [-0.15, -0.1) is 0 Å². The number of para-hydroxylation sites is 1. The maximum absolute atomic E-state index is 12.8. The molecule has 0 saturated carbocycles. The lowest BCUT2D eigenvalue weighted by molar-refractivity contribution is -0.123. The molecule has 0 aliphatic rings. The Kier molecular flexibility index (Phi) is 7.70. The smallest absolute Gasteiger partial charge is 0.243 e. The van der Waals surface area contributed by atoms with Crippen molar-refractivity contribution in [3.8, 4) is 0 Å². The fourth-order valence-electron chi connectivity index (χ4n) is 2.93. The van der Waals surface area contributed by atoms with Gasteiger partial charge in [0.15, 0.2) is 5.78 Å². The molecular formula is C24H23N3O5S. The maximum atomic E-state index is 12.8. The molecular weight excluding hydrogens is 442 g/mol. The Labute approximate surface area is 192 Å². The van der Waals surface area contributed by atoms with E-state index in [0.29, 0.717) is 16.8 Å². The van der Waals surface area contributed by atoms with Crippen LogP contribution in [0.25, 0.3) is 0 Å². The number of carbonyl (C=O) groups excluding carboxylic acids is 3. The van der Waals surface area contributed by atoms with Crippen molar-refractivity contribution in [1.82, 2.24) is 10.0 Å². The first-order chi connectivity index (χ1) is 15.8. The van der Waals surface area contributed by atoms with Crippen molar-refractivity contribution in [2.45, 2.75) is 11.8 Å². The van der Waals surface area contributed by atoms with Gasteiger partial charge in [0.1, 0.15) is 0 Å². The highest BCUT2D eigenvalue weighted by atomic mass is 32.2. The van der Waals surface area contributed by atoms with Gasteiger partial charge in [-0.3, -0.25) is 14.4 Å². The first-order valence-corrected chi connectivity index (χ1v) is 11.6. The van der Waals surface area contributed by atoms with Crippen molar-refractivity contribution < 1.29 is 22.8 Å². The van der Waals surface area contributed by atoms with Gasteiger partial charge in [-0.2, -0.15) is 0 Å². The standard InChI is InChI=1S/C24H23N3O5S/c1-17-11-13-18(14-12-17)24(30)20-9-5-6-10-21(20)27-23(29)15-25-22(28)16-26-33(31,32)19-7-3-2-4-8-19/h2-14,26H,15-16H2,1H3,(H,25,28)(H,27,29). The number of carbonyl (C=O) groups is 3. The lowest BCUT2D eigenvalue weighted by Crippen LogP contribution is -2.40. The van der Waals surface area contributed by atoms with Gasteiger partial charge in [-0.1, -0.05) is 60.2 Å². The van der Waals surface area contributed by atoms with E-state index in [4.69, 9.17) is 0 Å². The highest BCUT2D eigenvalue weighted by Gasteiger charge is 2.17. The average molecular weight is 466 g/mol. The van der Waals surface area contributed by atoms with Crippen LogP contribution in [0.15, 0.2) is 83.8 Å². The van der Waals surface area contributed by atoms with Crippen LogP contribution in [0.2, 0.25) is 0 Å². The number of sulfonamides is 1. The molecule has 0 saturated heterocycles. The van der Waals surface area contributed by atoms with E-state index in [2.05, 4.69) is 15.4 Å². The predicted octanol–water partition coefficient (Wildman–Crippen LogP) is 2.26. The SMILES string of the molecule is Cc1ccc(C(=O)c2ccccc2NC(=O)CNC(=O)CNS(=O)(=O)c2ccccc2)cc1. The Morgan fingerprint density at radius 1 is 0.758 bits per heavy atom. The molecule has 33 heavy (non-hydrogen) atoms. The summed E-state index contributed by atoms with van der Waals surface area (Å²) in [5, 5.41) is 4.96. The summed E-state index contributed by atoms with van der Waals surface area (Å²) in [5.74, 6) is -1.47. The molecule has 0 heterocycles. The number of ketones is 1. The Hall–Kier alpha value is -3.82. The summed E-state index contributed by atoms with van der Waals surface area (Å²) in [6, 6.07) is 21.3. The van der Waals surface area contributed by atoms with Gasteiger partial charge in [0, 0.05) is 11.1 Å². The van der Waals surface area contributed by atoms with E-state index in [0.717, 1.165) is 5.56 Å². The number of hydrogen-bond acceptors (Lipinski definition) is 5. The Morgan fingerprint density at radius 2 is 1.39 bits per heavy atom. The molecule has 0 unspecified atom stereocenters. The van der Waals surface area contributed by atoms with Crippen LogP contribution in [-0.4, -0.2) is 39.1 Å². The largest absolute Gasteiger partial charge is 0.346 e. The van der Waals surface area contributed by atoms with E-state index < -0.39 is 28.4 Å². The minimum absolute atomic E-state index is 0.0328. The molecule has 3 N–H and O–H groups in total. The number of rotatable bonds is 9. The second-order valence-corrected chi connectivity index (χ2v) is 8.97. The minimum Gasteiger partial charge on any atom is -0.346 e. The second-order valence-electron chi connectivity index (χ2n) is 7.20. The molecule has 0 aliphatic heterocycles. The molecule has 2 amide bonds. The monoisotopic (exact) mass is 465 g/mol. The summed E-state index contributed by atoms with van der Waals surface area (Å²) >= 11 is 0. The Bertz CT molecular complexity index is 1260. The molecule has 3 aromatic rings. The number of anilines is 1. The highest BCUT2D eigenvalue weighted by molar-refractivity contribution is 7.89. The van der Waals surface area contributed by atoms with Crippen LogP contribution >= 0.6 is 0 Å². The lowest BCUT2D eigenvalue weighted by atomic mass is 10.0. The molecule has 170 valence electrons. The zero-order valence-corrected chi connectivity index (χ0v) is 18.7. The summed E-state index contributed by atoms with van der Waals surface area (Å²) in [5.41, 5.74) is 2.14. The van der Waals surface area contributed by atoms with Gasteiger partial charge in [0.25, 0.3) is 0 Å². The molecule has 8 nitrogen and oxygen atoms in total. The maximum Gasteiger partial charge on any atom is 0.243 e. The third kappa shape index (κ3) is 6.58. The fourth-order valence-corrected chi connectivity index (χ4v) is 3.93. The molecule has 3 rings (SSSR count). The molecule has 0 atom stereocenters. The van der Waals surface area contributed by atoms with Crippen LogP contribution < -0.4 is 15.4 Å². The van der Waals surface area contributed by atoms with E-state index in [1.165, 1.54) is 12.1 Å². The summed E-state index contributed by atoms with van der Waals surface area (Å²) in [7, 11) is -3.84. The molecule has 0 aromatic heterocycles. The average Bonchev–Trinajstić information content (AvgIpc) is 2.82. The minimum atomic E-state index is -3.84. The van der Waals surface area contributed by atoms with Gasteiger partial charge < -0.3 is 10.6 Å². The Morgan fingerprint density at radius 3 is 2.09 bits per heavy atom. The van der Waals surface area contributed by atoms with Gasteiger partial charge in [-0.05, 0) is 31.2 Å². The first kappa shape index (κ1) is 23.8. The van der Waals surface area contributed by atoms with E-state index in [1.54, 1.807) is 54.6 Å². The summed E-state index contributed by atoms with van der Waals surface area (Å²) < 4.78 is 26.5. The van der Waals surface area contributed by atoms with Crippen LogP contribution in [0.4, 0.5) is 5.69 Å². The number of nitrogens with one attached hydrogen (secondary N) is 3. The number of hydrogen-bond donors (Lipinski definition) is 3. The van der Waals surface area contributed by atoms with Crippen LogP contribution in [0.1, 0.15) is 21.5 Å². The van der Waals surface area contributed by atoms with E-state index >= 15 is 0 Å². The van der Waals surface area contributed by atoms with Crippen molar-refractivity contribution in [2.24, 2.45) is 0 Å². The van der Waals surface area contributed by atoms with Gasteiger partial charge in [-0.25, -0.2) is 13.1 Å². The summed E-state index contributed by atoms with van der Waals surface area (Å²) in [6.45, 7) is 1.01. The third-order valence-electron chi connectivity index (χ3n) is 4.68. The zero-order valence-electron chi connectivity index (χ0n) is 17.9. The summed E-state index contributed by atoms with van der Waals surface area (Å²) in [4.78, 5) is 37.2. The van der Waals surface area contributed by atoms with Gasteiger partial charge in [0.2, 0.25) is 21.8 Å². The molecule has 0 radical (unpaired) electrons. The topological polar surface area (TPSA) is 121 Å². The molecule has 0 fully saturated rings. The molecule has 3 aromatic carbocycles. The quantitative estimate of drug-likeness (QED) is 0.419. The van der Waals surface area contributed by atoms with Crippen molar-refractivity contribution in [3.63, 3.8) is 0 Å². The number of amides is 2.